The molecule has 5 heteroatoms. The van der Waals surface area contributed by atoms with E-state index < -0.39 is 0 Å². The molecule has 0 aromatic heterocycles. The first-order valence-electron chi connectivity index (χ1n) is 9.00. The van der Waals surface area contributed by atoms with Crippen LogP contribution in [0, 0.1) is 0 Å². The molecule has 3 atom stereocenters. The quantitative estimate of drug-likeness (QED) is 0.916. The Balaban J connectivity index is 1.59. The molecule has 1 aromatic carbocycles. The van der Waals surface area contributed by atoms with Crippen LogP contribution in [-0.4, -0.2) is 66.7 Å². The van der Waals surface area contributed by atoms with E-state index in [2.05, 4.69) is 43.1 Å². The number of amides is 1. The third kappa shape index (κ3) is 4.35. The fourth-order valence-electron chi connectivity index (χ4n) is 3.72. The van der Waals surface area contributed by atoms with Crippen molar-refractivity contribution in [3.8, 4) is 0 Å². The number of carbonyl (C=O) groups is 1. The Morgan fingerprint density at radius 1 is 1.12 bits per heavy atom. The molecule has 0 spiro atoms. The molecule has 0 radical (unpaired) electrons. The normalized spacial score (nSPS) is 28.8. The Kier molecular flexibility index (Phi) is 5.54. The highest BCUT2D eigenvalue weighted by Gasteiger charge is 2.23. The second kappa shape index (κ2) is 7.64. The number of benzene rings is 1. The number of carbonyl (C=O) groups excluding carboxylic acids is 1. The van der Waals surface area contributed by atoms with Crippen LogP contribution in [0.2, 0.25) is 0 Å². The third-order valence-electron chi connectivity index (χ3n) is 4.76. The van der Waals surface area contributed by atoms with Gasteiger partial charge in [-0.15, -0.1) is 0 Å². The highest BCUT2D eigenvalue weighted by atomic mass is 16.5. The summed E-state index contributed by atoms with van der Waals surface area (Å²) in [6, 6.07) is 8.48. The van der Waals surface area contributed by atoms with Gasteiger partial charge in [-0.25, -0.2) is 0 Å². The van der Waals surface area contributed by atoms with Crippen LogP contribution < -0.4 is 5.32 Å². The van der Waals surface area contributed by atoms with E-state index in [4.69, 9.17) is 4.74 Å². The first kappa shape index (κ1) is 17.4. The van der Waals surface area contributed by atoms with Gasteiger partial charge in [-0.05, 0) is 38.5 Å². The summed E-state index contributed by atoms with van der Waals surface area (Å²) in [5.41, 5.74) is 2.04. The summed E-state index contributed by atoms with van der Waals surface area (Å²) in [6.07, 6.45) is 0.564. The van der Waals surface area contributed by atoms with E-state index >= 15 is 0 Å². The van der Waals surface area contributed by atoms with Gasteiger partial charge in [-0.3, -0.25) is 9.69 Å². The fourth-order valence-corrected chi connectivity index (χ4v) is 3.72. The average Bonchev–Trinajstić information content (AvgIpc) is 2.54. The zero-order valence-electron chi connectivity index (χ0n) is 15.0. The van der Waals surface area contributed by atoms with Gasteiger partial charge < -0.3 is 15.0 Å². The summed E-state index contributed by atoms with van der Waals surface area (Å²) in [6.45, 7) is 11.6. The number of nitrogens with one attached hydrogen (secondary N) is 1. The highest BCUT2D eigenvalue weighted by molar-refractivity contribution is 5.94. The predicted octanol–water partition coefficient (Wildman–Crippen LogP) is 1.73. The van der Waals surface area contributed by atoms with Crippen molar-refractivity contribution in [1.29, 1.82) is 0 Å². The number of ether oxygens (including phenoxy) is 1. The van der Waals surface area contributed by atoms with Crippen molar-refractivity contribution >= 4 is 5.91 Å². The Hall–Kier alpha value is -1.43. The molecule has 0 aliphatic carbocycles. The van der Waals surface area contributed by atoms with Crippen LogP contribution in [0.5, 0.6) is 0 Å². The van der Waals surface area contributed by atoms with E-state index in [-0.39, 0.29) is 18.1 Å². The van der Waals surface area contributed by atoms with Crippen molar-refractivity contribution in [2.45, 2.75) is 45.6 Å². The molecule has 3 unspecified atom stereocenters. The first-order valence-corrected chi connectivity index (χ1v) is 9.00. The largest absolute Gasteiger partial charge is 0.373 e. The lowest BCUT2D eigenvalue weighted by Gasteiger charge is -2.35. The molecular formula is C19H29N3O2. The van der Waals surface area contributed by atoms with Gasteiger partial charge in [0.2, 0.25) is 0 Å². The molecule has 2 heterocycles. The number of morpholine rings is 1. The van der Waals surface area contributed by atoms with Crippen molar-refractivity contribution in [3.05, 3.63) is 35.4 Å². The van der Waals surface area contributed by atoms with Gasteiger partial charge >= 0.3 is 0 Å². The Morgan fingerprint density at radius 2 is 1.79 bits per heavy atom. The molecule has 24 heavy (non-hydrogen) atoms. The molecule has 3 rings (SSSR count). The van der Waals surface area contributed by atoms with Crippen molar-refractivity contribution in [2.75, 3.05) is 32.7 Å². The van der Waals surface area contributed by atoms with E-state index in [0.717, 1.165) is 44.8 Å². The van der Waals surface area contributed by atoms with E-state index in [9.17, 15) is 4.79 Å². The molecule has 1 N–H and O–H groups in total. The summed E-state index contributed by atoms with van der Waals surface area (Å²) in [4.78, 5) is 17.0. The van der Waals surface area contributed by atoms with Crippen LogP contribution in [0.1, 0.15) is 36.7 Å². The predicted molar refractivity (Wildman–Crippen MR) is 95.1 cm³/mol. The summed E-state index contributed by atoms with van der Waals surface area (Å²) in [5.74, 6) is 0.142. The van der Waals surface area contributed by atoms with Crippen molar-refractivity contribution in [3.63, 3.8) is 0 Å². The second-order valence-corrected chi connectivity index (χ2v) is 7.25. The number of hydrogen-bond acceptors (Lipinski definition) is 4. The third-order valence-corrected chi connectivity index (χ3v) is 4.76. The minimum atomic E-state index is 0.142. The first-order chi connectivity index (χ1) is 11.5. The number of rotatable bonds is 3. The van der Waals surface area contributed by atoms with Crippen LogP contribution in [0.25, 0.3) is 0 Å². The van der Waals surface area contributed by atoms with Gasteiger partial charge in [0.05, 0.1) is 12.2 Å². The molecule has 0 bridgehead atoms. The lowest BCUT2D eigenvalue weighted by Crippen LogP contribution is -2.51. The van der Waals surface area contributed by atoms with Gasteiger partial charge in [0.25, 0.3) is 5.91 Å². The van der Waals surface area contributed by atoms with Crippen LogP contribution in [0.15, 0.2) is 24.3 Å². The van der Waals surface area contributed by atoms with Crippen LogP contribution >= 0.6 is 0 Å². The Labute approximate surface area is 145 Å². The minimum absolute atomic E-state index is 0.142. The maximum Gasteiger partial charge on any atom is 0.253 e. The van der Waals surface area contributed by atoms with E-state index in [0.29, 0.717) is 6.04 Å². The molecule has 132 valence electrons. The Bertz CT molecular complexity index is 550. The van der Waals surface area contributed by atoms with E-state index in [1.165, 1.54) is 5.56 Å². The second-order valence-electron chi connectivity index (χ2n) is 7.25. The molecule has 1 amide bonds. The summed E-state index contributed by atoms with van der Waals surface area (Å²) in [5, 5.41) is 3.37. The van der Waals surface area contributed by atoms with Gasteiger partial charge in [-0.1, -0.05) is 12.1 Å². The zero-order chi connectivity index (χ0) is 17.1. The van der Waals surface area contributed by atoms with Crippen LogP contribution in [0.4, 0.5) is 0 Å². The molecule has 2 fully saturated rings. The molecule has 2 aliphatic heterocycles. The molecule has 2 saturated heterocycles. The summed E-state index contributed by atoms with van der Waals surface area (Å²) < 4.78 is 5.78. The highest BCUT2D eigenvalue weighted by Crippen LogP contribution is 2.15. The molecule has 0 saturated carbocycles. The average molecular weight is 331 g/mol. The van der Waals surface area contributed by atoms with Gasteiger partial charge in [0.1, 0.15) is 0 Å². The monoisotopic (exact) mass is 331 g/mol. The van der Waals surface area contributed by atoms with Gasteiger partial charge in [0, 0.05) is 50.9 Å². The van der Waals surface area contributed by atoms with Crippen molar-refractivity contribution in [1.82, 2.24) is 15.1 Å². The minimum Gasteiger partial charge on any atom is -0.373 e. The fraction of sp³-hybridized carbons (Fsp3) is 0.632. The summed E-state index contributed by atoms with van der Waals surface area (Å²) in [7, 11) is 0. The van der Waals surface area contributed by atoms with Crippen molar-refractivity contribution in [2.24, 2.45) is 0 Å². The van der Waals surface area contributed by atoms with E-state index in [1.54, 1.807) is 0 Å². The maximum absolute atomic E-state index is 12.6. The lowest BCUT2D eigenvalue weighted by atomic mass is 10.1. The zero-order valence-corrected chi connectivity index (χ0v) is 15.0. The number of piperazine rings is 1. The molecular weight excluding hydrogens is 302 g/mol. The van der Waals surface area contributed by atoms with E-state index in [1.807, 2.05) is 17.0 Å². The standard InChI is InChI=1S/C19H29N3O2/c1-14-10-22(9-8-20-14)19(23)18-6-4-17(5-7-18)13-21-11-15(2)24-16(3)12-21/h4-7,14-16,20H,8-13H2,1-3H3. The smallest absolute Gasteiger partial charge is 0.253 e. The topological polar surface area (TPSA) is 44.8 Å². The van der Waals surface area contributed by atoms with Gasteiger partial charge in [-0.2, -0.15) is 0 Å². The van der Waals surface area contributed by atoms with Crippen LogP contribution in [0.3, 0.4) is 0 Å². The maximum atomic E-state index is 12.6. The number of nitrogens with zero attached hydrogens (tertiary/aromatic N) is 2. The molecule has 1 aromatic rings. The SMILES string of the molecule is CC1CN(C(=O)c2ccc(CN3CC(C)OC(C)C3)cc2)CCN1. The lowest BCUT2D eigenvalue weighted by molar-refractivity contribution is -0.0704. The van der Waals surface area contributed by atoms with Gasteiger partial charge in [0.15, 0.2) is 0 Å². The molecule has 5 nitrogen and oxygen atoms in total. The number of hydrogen-bond donors (Lipinski definition) is 1. The van der Waals surface area contributed by atoms with Crippen molar-refractivity contribution < 1.29 is 9.53 Å². The summed E-state index contributed by atoms with van der Waals surface area (Å²) >= 11 is 0. The Morgan fingerprint density at radius 3 is 2.42 bits per heavy atom. The van der Waals surface area contributed by atoms with Crippen LogP contribution in [-0.2, 0) is 11.3 Å². The molecule has 2 aliphatic rings.